The van der Waals surface area contributed by atoms with Gasteiger partial charge >= 0.3 is 0 Å². The Morgan fingerprint density at radius 2 is 1.58 bits per heavy atom. The maximum atomic E-state index is 10.7. The third kappa shape index (κ3) is 1.73. The molecule has 1 unspecified atom stereocenters. The van der Waals surface area contributed by atoms with Crippen LogP contribution in [0, 0.1) is 13.8 Å². The average molecular weight is 259 g/mol. The molecule has 0 radical (unpaired) electrons. The highest BCUT2D eigenvalue weighted by Gasteiger charge is 2.50. The summed E-state index contributed by atoms with van der Waals surface area (Å²) in [6.07, 6.45) is 7.08. The minimum absolute atomic E-state index is 0.0470. The smallest absolute Gasteiger partial charge is 0.122 e. The van der Waals surface area contributed by atoms with Gasteiger partial charge in [0.1, 0.15) is 5.75 Å². The molecule has 2 aliphatic rings. The van der Waals surface area contributed by atoms with Crippen LogP contribution in [-0.4, -0.2) is 11.1 Å². The number of phenolic OH excluding ortho intramolecular Hbond substituents is 1. The molecule has 1 aromatic rings. The fourth-order valence-corrected chi connectivity index (χ4v) is 4.07. The summed E-state index contributed by atoms with van der Waals surface area (Å²) in [6, 6.07) is 0.123. The van der Waals surface area contributed by atoms with Gasteiger partial charge in [-0.05, 0) is 81.5 Å². The zero-order valence-corrected chi connectivity index (χ0v) is 12.3. The minimum Gasteiger partial charge on any atom is -0.507 e. The second-order valence-electron chi connectivity index (χ2n) is 6.58. The van der Waals surface area contributed by atoms with Crippen LogP contribution >= 0.6 is 0 Å². The number of fused-ring (bicyclic) bond motifs is 1. The van der Waals surface area contributed by atoms with Crippen LogP contribution < -0.4 is 5.73 Å². The molecular weight excluding hydrogens is 234 g/mol. The van der Waals surface area contributed by atoms with Crippen molar-refractivity contribution in [1.29, 1.82) is 0 Å². The molecule has 0 aromatic heterocycles. The summed E-state index contributed by atoms with van der Waals surface area (Å²) in [5.74, 6) is 0.535. The number of hydrogen-bond donors (Lipinski definition) is 2. The highest BCUT2D eigenvalue weighted by molar-refractivity contribution is 5.59. The molecule has 0 spiro atoms. The van der Waals surface area contributed by atoms with E-state index in [2.05, 4.69) is 20.8 Å². The summed E-state index contributed by atoms with van der Waals surface area (Å²) in [4.78, 5) is 0. The van der Waals surface area contributed by atoms with E-state index in [0.29, 0.717) is 5.75 Å². The largest absolute Gasteiger partial charge is 0.507 e. The predicted molar refractivity (Wildman–Crippen MR) is 78.8 cm³/mol. The molecule has 0 bridgehead atoms. The minimum atomic E-state index is 0.0470. The fraction of sp³-hybridized carbons (Fsp3) is 0.647. The lowest BCUT2D eigenvalue weighted by Gasteiger charge is -2.30. The summed E-state index contributed by atoms with van der Waals surface area (Å²) >= 11 is 0. The summed E-state index contributed by atoms with van der Waals surface area (Å²) in [7, 11) is 0. The first-order valence-corrected chi connectivity index (χ1v) is 7.59. The molecule has 3 rings (SSSR count). The van der Waals surface area contributed by atoms with Gasteiger partial charge in [0.25, 0.3) is 0 Å². The first-order chi connectivity index (χ1) is 8.99. The van der Waals surface area contributed by atoms with Gasteiger partial charge in [-0.3, -0.25) is 0 Å². The van der Waals surface area contributed by atoms with Crippen molar-refractivity contribution < 1.29 is 5.11 Å². The zero-order valence-electron chi connectivity index (χ0n) is 12.3. The first kappa shape index (κ1) is 13.0. The van der Waals surface area contributed by atoms with Gasteiger partial charge in [-0.15, -0.1) is 0 Å². The number of aromatic hydroxyl groups is 1. The van der Waals surface area contributed by atoms with E-state index in [-0.39, 0.29) is 11.5 Å². The molecule has 1 saturated carbocycles. The van der Waals surface area contributed by atoms with Crippen molar-refractivity contribution in [2.75, 3.05) is 0 Å². The van der Waals surface area contributed by atoms with Gasteiger partial charge in [-0.2, -0.15) is 0 Å². The standard InChI is InChI=1S/C17H25NO/c1-10-13-6-4-5-7-14(13)11(2)16(19)15(10)17(8-9-17)12(3)18/h12,19H,4-9,18H2,1-3H3. The van der Waals surface area contributed by atoms with Crippen molar-refractivity contribution in [1.82, 2.24) is 0 Å². The molecule has 1 aromatic carbocycles. The van der Waals surface area contributed by atoms with Crippen molar-refractivity contribution in [2.45, 2.75) is 70.8 Å². The van der Waals surface area contributed by atoms with Crippen LogP contribution in [0.5, 0.6) is 5.75 Å². The molecule has 0 saturated heterocycles. The van der Waals surface area contributed by atoms with E-state index < -0.39 is 0 Å². The average Bonchev–Trinajstić information content (AvgIpc) is 3.18. The predicted octanol–water partition coefficient (Wildman–Crippen LogP) is 3.27. The highest BCUT2D eigenvalue weighted by atomic mass is 16.3. The van der Waals surface area contributed by atoms with Gasteiger partial charge in [0.15, 0.2) is 0 Å². The van der Waals surface area contributed by atoms with Gasteiger partial charge in [0, 0.05) is 17.0 Å². The maximum absolute atomic E-state index is 10.7. The Kier molecular flexibility index (Phi) is 2.90. The second-order valence-corrected chi connectivity index (χ2v) is 6.58. The van der Waals surface area contributed by atoms with E-state index in [1.807, 2.05) is 0 Å². The molecule has 1 fully saturated rings. The van der Waals surface area contributed by atoms with Crippen LogP contribution in [-0.2, 0) is 18.3 Å². The van der Waals surface area contributed by atoms with Crippen molar-refractivity contribution >= 4 is 0 Å². The van der Waals surface area contributed by atoms with Gasteiger partial charge in [-0.25, -0.2) is 0 Å². The maximum Gasteiger partial charge on any atom is 0.122 e. The molecule has 2 heteroatoms. The number of rotatable bonds is 2. The summed E-state index contributed by atoms with van der Waals surface area (Å²) in [6.45, 7) is 6.36. The topological polar surface area (TPSA) is 46.2 Å². The van der Waals surface area contributed by atoms with Crippen molar-refractivity contribution in [3.05, 3.63) is 27.8 Å². The van der Waals surface area contributed by atoms with Crippen LogP contribution in [0.1, 0.15) is 60.4 Å². The van der Waals surface area contributed by atoms with E-state index in [0.717, 1.165) is 24.8 Å². The van der Waals surface area contributed by atoms with Crippen molar-refractivity contribution in [3.63, 3.8) is 0 Å². The van der Waals surface area contributed by atoms with E-state index in [4.69, 9.17) is 5.73 Å². The molecule has 2 nitrogen and oxygen atoms in total. The van der Waals surface area contributed by atoms with Gasteiger partial charge in [0.2, 0.25) is 0 Å². The fourth-order valence-electron chi connectivity index (χ4n) is 4.07. The van der Waals surface area contributed by atoms with E-state index in [1.165, 1.54) is 41.5 Å². The van der Waals surface area contributed by atoms with Crippen LogP contribution in [0.2, 0.25) is 0 Å². The quantitative estimate of drug-likeness (QED) is 0.856. The Labute approximate surface area is 116 Å². The summed E-state index contributed by atoms with van der Waals surface area (Å²) in [5.41, 5.74) is 12.8. The van der Waals surface area contributed by atoms with Crippen molar-refractivity contribution in [2.24, 2.45) is 5.73 Å². The first-order valence-electron chi connectivity index (χ1n) is 7.59. The third-order valence-electron chi connectivity index (χ3n) is 5.50. The lowest BCUT2D eigenvalue weighted by Crippen LogP contribution is -2.33. The molecule has 1 atom stereocenters. The normalized spacial score (nSPS) is 21.9. The Balaban J connectivity index is 2.24. The second kappa shape index (κ2) is 4.24. The molecule has 0 heterocycles. The molecule has 0 aliphatic heterocycles. The van der Waals surface area contributed by atoms with Gasteiger partial charge < -0.3 is 10.8 Å². The van der Waals surface area contributed by atoms with Gasteiger partial charge in [0.05, 0.1) is 0 Å². The van der Waals surface area contributed by atoms with Crippen molar-refractivity contribution in [3.8, 4) is 5.75 Å². The van der Waals surface area contributed by atoms with Gasteiger partial charge in [-0.1, -0.05) is 0 Å². The monoisotopic (exact) mass is 259 g/mol. The van der Waals surface area contributed by atoms with Crippen LogP contribution in [0.3, 0.4) is 0 Å². The lowest BCUT2D eigenvalue weighted by atomic mass is 9.77. The van der Waals surface area contributed by atoms with Crippen LogP contribution in [0.4, 0.5) is 0 Å². The Morgan fingerprint density at radius 3 is 2.05 bits per heavy atom. The number of benzene rings is 1. The molecule has 104 valence electrons. The number of hydrogen-bond acceptors (Lipinski definition) is 2. The molecule has 19 heavy (non-hydrogen) atoms. The molecular formula is C17H25NO. The zero-order chi connectivity index (χ0) is 13.8. The molecule has 2 aliphatic carbocycles. The SMILES string of the molecule is Cc1c(O)c(C2(C(C)N)CC2)c(C)c2c1CCCC2. The number of nitrogens with two attached hydrogens (primary N) is 1. The number of phenols is 1. The summed E-state index contributed by atoms with van der Waals surface area (Å²) in [5, 5.41) is 10.7. The lowest BCUT2D eigenvalue weighted by molar-refractivity contribution is 0.438. The Bertz CT molecular complexity index is 527. The van der Waals surface area contributed by atoms with E-state index in [9.17, 15) is 5.11 Å². The molecule has 3 N–H and O–H groups in total. The van der Waals surface area contributed by atoms with E-state index in [1.54, 1.807) is 0 Å². The van der Waals surface area contributed by atoms with Crippen LogP contribution in [0.25, 0.3) is 0 Å². The third-order valence-corrected chi connectivity index (χ3v) is 5.50. The highest BCUT2D eigenvalue weighted by Crippen LogP contribution is 2.56. The van der Waals surface area contributed by atoms with E-state index >= 15 is 0 Å². The van der Waals surface area contributed by atoms with Crippen LogP contribution in [0.15, 0.2) is 0 Å². The summed E-state index contributed by atoms with van der Waals surface area (Å²) < 4.78 is 0. The Hall–Kier alpha value is -1.02. The Morgan fingerprint density at radius 1 is 1.05 bits per heavy atom. The molecule has 0 amide bonds.